The number of hydrogen-bond donors (Lipinski definition) is 2. The maximum absolute atomic E-state index is 13.3. The molecule has 2 fully saturated rings. The number of pyridine rings is 1. The lowest BCUT2D eigenvalue weighted by atomic mass is 9.82. The summed E-state index contributed by atoms with van der Waals surface area (Å²) >= 11 is 0. The van der Waals surface area contributed by atoms with E-state index in [0.717, 1.165) is 34.5 Å². The van der Waals surface area contributed by atoms with Crippen LogP contribution in [0.25, 0.3) is 22.3 Å². The third-order valence-electron chi connectivity index (χ3n) is 5.93. The summed E-state index contributed by atoms with van der Waals surface area (Å²) in [5.74, 6) is 1.87. The van der Waals surface area contributed by atoms with E-state index in [1.807, 2.05) is 18.2 Å². The van der Waals surface area contributed by atoms with Gasteiger partial charge in [-0.2, -0.15) is 5.10 Å². The Kier molecular flexibility index (Phi) is 3.17. The first kappa shape index (κ1) is 14.6. The molecule has 3 aromatic rings. The monoisotopic (exact) mass is 333 g/mol. The number of Topliss-reactive ketones (excluding diaryl/α,β-unsaturated/α-hetero) is 1. The van der Waals surface area contributed by atoms with Crippen LogP contribution in [0, 0.1) is 17.8 Å². The molecule has 0 aliphatic heterocycles. The molecule has 0 amide bonds. The summed E-state index contributed by atoms with van der Waals surface area (Å²) in [6, 6.07) is 8.77. The Morgan fingerprint density at radius 2 is 2.00 bits per heavy atom. The summed E-state index contributed by atoms with van der Waals surface area (Å²) in [5.41, 5.74) is 2.95. The van der Waals surface area contributed by atoms with Crippen LogP contribution in [0.2, 0.25) is 0 Å². The standard InChI is InChI=1S/C20H19N3O2/c24-14-5-3-12(4-6-14)18-9-16(17-10-21-23-20(17)22-18)19(25)15-8-11-1-2-13(15)7-11/h3-6,9-11,13,15,24H,1-2,7-8H2,(H,21,22,23). The Hall–Kier alpha value is -2.69. The SMILES string of the molecule is O=C(c1cc(-c2ccc(O)cc2)nc2[nH]ncc12)C1CC2CCC1C2. The van der Waals surface area contributed by atoms with Gasteiger partial charge < -0.3 is 5.11 Å². The van der Waals surface area contributed by atoms with E-state index in [4.69, 9.17) is 0 Å². The van der Waals surface area contributed by atoms with Crippen molar-refractivity contribution < 1.29 is 9.90 Å². The zero-order valence-corrected chi connectivity index (χ0v) is 13.8. The van der Waals surface area contributed by atoms with E-state index in [-0.39, 0.29) is 17.5 Å². The van der Waals surface area contributed by atoms with E-state index < -0.39 is 0 Å². The van der Waals surface area contributed by atoms with Crippen molar-refractivity contribution in [2.24, 2.45) is 17.8 Å². The minimum atomic E-state index is 0.145. The summed E-state index contributed by atoms with van der Waals surface area (Å²) in [6.45, 7) is 0. The van der Waals surface area contributed by atoms with Crippen molar-refractivity contribution in [3.8, 4) is 17.0 Å². The summed E-state index contributed by atoms with van der Waals surface area (Å²) in [4.78, 5) is 17.9. The van der Waals surface area contributed by atoms with Crippen molar-refractivity contribution in [2.45, 2.75) is 25.7 Å². The fraction of sp³-hybridized carbons (Fsp3) is 0.350. The molecule has 5 nitrogen and oxygen atoms in total. The van der Waals surface area contributed by atoms with E-state index in [0.29, 0.717) is 11.6 Å². The number of H-pyrrole nitrogens is 1. The number of nitrogens with one attached hydrogen (secondary N) is 1. The van der Waals surface area contributed by atoms with E-state index in [1.54, 1.807) is 18.3 Å². The lowest BCUT2D eigenvalue weighted by Gasteiger charge is -2.20. The first-order valence-corrected chi connectivity index (χ1v) is 8.87. The lowest BCUT2D eigenvalue weighted by molar-refractivity contribution is 0.0876. The number of hydrogen-bond acceptors (Lipinski definition) is 4. The molecule has 0 spiro atoms. The molecule has 2 aliphatic carbocycles. The van der Waals surface area contributed by atoms with E-state index in [2.05, 4.69) is 15.2 Å². The van der Waals surface area contributed by atoms with Crippen LogP contribution in [0.4, 0.5) is 0 Å². The van der Waals surface area contributed by atoms with Gasteiger partial charge in [-0.25, -0.2) is 4.98 Å². The fourth-order valence-corrected chi connectivity index (χ4v) is 4.68. The van der Waals surface area contributed by atoms with Gasteiger partial charge in [0.05, 0.1) is 11.9 Å². The molecule has 0 radical (unpaired) electrons. The summed E-state index contributed by atoms with van der Waals surface area (Å²) < 4.78 is 0. The predicted molar refractivity (Wildman–Crippen MR) is 94.3 cm³/mol. The number of aromatic hydroxyl groups is 1. The molecule has 0 saturated heterocycles. The average molecular weight is 333 g/mol. The van der Waals surface area contributed by atoms with Crippen molar-refractivity contribution in [1.82, 2.24) is 15.2 Å². The Labute approximate surface area is 145 Å². The Morgan fingerprint density at radius 3 is 2.72 bits per heavy atom. The van der Waals surface area contributed by atoms with Crippen LogP contribution in [0.3, 0.4) is 0 Å². The molecule has 2 saturated carbocycles. The quantitative estimate of drug-likeness (QED) is 0.711. The number of ketones is 1. The van der Waals surface area contributed by atoms with Crippen LogP contribution in [0.1, 0.15) is 36.0 Å². The van der Waals surface area contributed by atoms with Crippen LogP contribution in [-0.2, 0) is 0 Å². The number of carbonyl (C=O) groups excluding carboxylic acids is 1. The van der Waals surface area contributed by atoms with Crippen LogP contribution in [0.15, 0.2) is 36.5 Å². The van der Waals surface area contributed by atoms with Crippen LogP contribution >= 0.6 is 0 Å². The van der Waals surface area contributed by atoms with Crippen molar-refractivity contribution in [3.63, 3.8) is 0 Å². The molecule has 2 heterocycles. The van der Waals surface area contributed by atoms with Crippen molar-refractivity contribution >= 4 is 16.8 Å². The number of aromatic nitrogens is 3. The number of benzene rings is 1. The molecule has 2 N–H and O–H groups in total. The Morgan fingerprint density at radius 1 is 1.16 bits per heavy atom. The highest BCUT2D eigenvalue weighted by atomic mass is 16.3. The predicted octanol–water partition coefficient (Wildman–Crippen LogP) is 3.95. The van der Waals surface area contributed by atoms with E-state index in [9.17, 15) is 9.90 Å². The van der Waals surface area contributed by atoms with E-state index >= 15 is 0 Å². The third-order valence-corrected chi connectivity index (χ3v) is 5.93. The van der Waals surface area contributed by atoms with Gasteiger partial charge in [0.2, 0.25) is 0 Å². The molecule has 3 atom stereocenters. The normalized spacial score (nSPS) is 24.9. The largest absolute Gasteiger partial charge is 0.508 e. The Balaban J connectivity index is 1.60. The second-order valence-electron chi connectivity index (χ2n) is 7.38. The van der Waals surface area contributed by atoms with E-state index in [1.165, 1.54) is 19.3 Å². The van der Waals surface area contributed by atoms with Crippen LogP contribution < -0.4 is 0 Å². The van der Waals surface area contributed by atoms with Gasteiger partial charge in [-0.15, -0.1) is 0 Å². The van der Waals surface area contributed by atoms with Gasteiger partial charge in [0.15, 0.2) is 11.4 Å². The highest BCUT2D eigenvalue weighted by molar-refractivity contribution is 6.08. The highest BCUT2D eigenvalue weighted by Gasteiger charge is 2.43. The molecular weight excluding hydrogens is 314 g/mol. The number of nitrogens with zero attached hydrogens (tertiary/aromatic N) is 2. The Bertz CT molecular complexity index is 961. The number of phenolic OH excluding ortho intramolecular Hbond substituents is 1. The van der Waals surface area contributed by atoms with Crippen LogP contribution in [-0.4, -0.2) is 26.1 Å². The molecule has 3 unspecified atom stereocenters. The van der Waals surface area contributed by atoms with Crippen molar-refractivity contribution in [1.29, 1.82) is 0 Å². The zero-order chi connectivity index (χ0) is 17.0. The number of rotatable bonds is 3. The van der Waals surface area contributed by atoms with Crippen molar-refractivity contribution in [2.75, 3.05) is 0 Å². The van der Waals surface area contributed by atoms with Crippen molar-refractivity contribution in [3.05, 3.63) is 42.1 Å². The smallest absolute Gasteiger partial charge is 0.167 e. The molecule has 5 heteroatoms. The van der Waals surface area contributed by atoms with Gasteiger partial charge >= 0.3 is 0 Å². The molecular formula is C20H19N3O2. The third kappa shape index (κ3) is 2.34. The number of carbonyl (C=O) groups is 1. The maximum Gasteiger partial charge on any atom is 0.167 e. The molecule has 126 valence electrons. The molecule has 2 aromatic heterocycles. The van der Waals surface area contributed by atoms with Gasteiger partial charge in [0.1, 0.15) is 5.75 Å². The lowest BCUT2D eigenvalue weighted by Crippen LogP contribution is -2.21. The summed E-state index contributed by atoms with van der Waals surface area (Å²) in [5, 5.41) is 17.3. The second kappa shape index (κ2) is 5.41. The summed E-state index contributed by atoms with van der Waals surface area (Å²) in [7, 11) is 0. The zero-order valence-electron chi connectivity index (χ0n) is 13.8. The first-order chi connectivity index (χ1) is 12.2. The number of fused-ring (bicyclic) bond motifs is 3. The topological polar surface area (TPSA) is 78.9 Å². The van der Waals surface area contributed by atoms with Gasteiger partial charge in [0.25, 0.3) is 0 Å². The van der Waals surface area contributed by atoms with Gasteiger partial charge in [-0.3, -0.25) is 9.89 Å². The molecule has 1 aromatic carbocycles. The first-order valence-electron chi connectivity index (χ1n) is 8.87. The van der Waals surface area contributed by atoms with Gasteiger partial charge in [-0.05, 0) is 61.4 Å². The number of aromatic amines is 1. The maximum atomic E-state index is 13.3. The summed E-state index contributed by atoms with van der Waals surface area (Å²) in [6.07, 6.45) is 6.40. The highest BCUT2D eigenvalue weighted by Crippen LogP contribution is 2.49. The van der Waals surface area contributed by atoms with Crippen LogP contribution in [0.5, 0.6) is 5.75 Å². The van der Waals surface area contributed by atoms with Gasteiger partial charge in [-0.1, -0.05) is 6.42 Å². The number of phenols is 1. The average Bonchev–Trinajstić information content (AvgIpc) is 3.37. The van der Waals surface area contributed by atoms with Gasteiger partial charge in [0, 0.05) is 22.4 Å². The second-order valence-corrected chi connectivity index (χ2v) is 7.38. The fourth-order valence-electron chi connectivity index (χ4n) is 4.68. The molecule has 25 heavy (non-hydrogen) atoms. The minimum absolute atomic E-state index is 0.145. The molecule has 2 aliphatic rings. The minimum Gasteiger partial charge on any atom is -0.508 e. The molecule has 5 rings (SSSR count). The molecule has 2 bridgehead atoms.